The number of nitrogens with one attached hydrogen (secondary N) is 3. The van der Waals surface area contributed by atoms with Crippen molar-refractivity contribution in [1.82, 2.24) is 15.6 Å². The van der Waals surface area contributed by atoms with Crippen LogP contribution < -0.4 is 15.4 Å². The molecule has 4 rings (SSSR count). The zero-order chi connectivity index (χ0) is 26.9. The first kappa shape index (κ1) is 27.3. The Morgan fingerprint density at radius 2 is 1.66 bits per heavy atom. The molecule has 3 N–H and O–H groups in total. The number of thiazole rings is 1. The van der Waals surface area contributed by atoms with Gasteiger partial charge >= 0.3 is 6.09 Å². The van der Waals surface area contributed by atoms with Crippen molar-refractivity contribution in [3.63, 3.8) is 0 Å². The van der Waals surface area contributed by atoms with Gasteiger partial charge in [0.05, 0.1) is 23.7 Å². The number of carbonyl (C=O) groups is 2. The van der Waals surface area contributed by atoms with Gasteiger partial charge in [0.15, 0.2) is 0 Å². The maximum absolute atomic E-state index is 13.5. The first-order valence-corrected chi connectivity index (χ1v) is 14.5. The summed E-state index contributed by atoms with van der Waals surface area (Å²) >= 11 is 3.07. The van der Waals surface area contributed by atoms with Crippen LogP contribution in [0.4, 0.5) is 10.5 Å². The second-order valence-electron chi connectivity index (χ2n) is 8.26. The normalized spacial score (nSPS) is 12.5. The maximum Gasteiger partial charge on any atom is 0.407 e. The van der Waals surface area contributed by atoms with E-state index in [-0.39, 0.29) is 12.3 Å². The summed E-state index contributed by atoms with van der Waals surface area (Å²) in [6.45, 7) is 0. The Kier molecular flexibility index (Phi) is 9.46. The molecular weight excluding hydrogens is 545 g/mol. The van der Waals surface area contributed by atoms with Crippen molar-refractivity contribution >= 4 is 51.3 Å². The monoisotopic (exact) mass is 570 g/mol. The molecule has 2 amide bonds. The van der Waals surface area contributed by atoms with Gasteiger partial charge in [-0.3, -0.25) is 9.52 Å². The fourth-order valence-corrected chi connectivity index (χ4v) is 5.83. The molecule has 0 spiro atoms. The van der Waals surface area contributed by atoms with Gasteiger partial charge in [0.25, 0.3) is 0 Å². The summed E-state index contributed by atoms with van der Waals surface area (Å²) in [6, 6.07) is 18.9. The molecule has 2 heterocycles. The van der Waals surface area contributed by atoms with Crippen molar-refractivity contribution in [2.24, 2.45) is 0 Å². The number of aromatic nitrogens is 1. The molecule has 0 saturated heterocycles. The summed E-state index contributed by atoms with van der Waals surface area (Å²) in [5.41, 5.74) is 2.89. The fourth-order valence-electron chi connectivity index (χ4n) is 3.78. The lowest BCUT2D eigenvalue weighted by atomic mass is 10.0. The zero-order valence-electron chi connectivity index (χ0n) is 20.3. The average molecular weight is 571 g/mol. The Labute approximate surface area is 230 Å². The van der Waals surface area contributed by atoms with Gasteiger partial charge in [-0.25, -0.2) is 18.2 Å². The predicted molar refractivity (Wildman–Crippen MR) is 150 cm³/mol. The highest BCUT2D eigenvalue weighted by Gasteiger charge is 2.26. The lowest BCUT2D eigenvalue weighted by Gasteiger charge is -2.23. The van der Waals surface area contributed by atoms with Crippen LogP contribution in [-0.2, 0) is 33.3 Å². The number of methoxy groups -OCH3 is 1. The Balaban J connectivity index is 1.59. The minimum absolute atomic E-state index is 0.278. The lowest BCUT2D eigenvalue weighted by Crippen LogP contribution is -2.49. The standard InChI is InChI=1S/C26H26N4O5S3/c1-35-26(32)29-21(15-17-6-3-2-4-7-17)24(31)27-20(14-18-9-11-19(12-10-18)30-38(33)34)22-16-37-25(28-22)23-8-5-13-36-23/h2-13,16,20-21,38H,14-15H2,1H3,(H,27,31)(H,29,32)(H,30,33,34)/t20-,21+/m1/s1. The quantitative estimate of drug-likeness (QED) is 0.201. The minimum Gasteiger partial charge on any atom is -0.453 e. The third-order valence-electron chi connectivity index (χ3n) is 5.62. The number of thiophene rings is 1. The molecule has 2 aromatic carbocycles. The van der Waals surface area contributed by atoms with Gasteiger partial charge in [0, 0.05) is 17.5 Å². The molecule has 2 aromatic heterocycles. The molecule has 4 aromatic rings. The van der Waals surface area contributed by atoms with Crippen LogP contribution in [0, 0.1) is 0 Å². The third-order valence-corrected chi connectivity index (χ3v) is 7.96. The van der Waals surface area contributed by atoms with Crippen LogP contribution in [-0.4, -0.2) is 38.6 Å². The van der Waals surface area contributed by atoms with Crippen molar-refractivity contribution in [2.45, 2.75) is 24.9 Å². The SMILES string of the molecule is COC(=O)N[C@@H](Cc1ccccc1)C(=O)N[C@H](Cc1ccc(N[SH](=O)=O)cc1)c1csc(-c2cccs2)n1. The summed E-state index contributed by atoms with van der Waals surface area (Å²) in [6.07, 6.45) is -0.0230. The molecule has 0 radical (unpaired) electrons. The molecule has 0 fully saturated rings. The van der Waals surface area contributed by atoms with Crippen LogP contribution in [0.15, 0.2) is 77.5 Å². The van der Waals surface area contributed by atoms with Gasteiger partial charge in [0.2, 0.25) is 16.8 Å². The summed E-state index contributed by atoms with van der Waals surface area (Å²) < 4.78 is 29.0. The number of benzene rings is 2. The van der Waals surface area contributed by atoms with Crippen LogP contribution in [0.5, 0.6) is 0 Å². The highest BCUT2D eigenvalue weighted by Crippen LogP contribution is 2.31. The Bertz CT molecular complexity index is 1410. The molecule has 0 aliphatic heterocycles. The number of hydrogen-bond donors (Lipinski definition) is 4. The van der Waals surface area contributed by atoms with Gasteiger partial charge in [-0.1, -0.05) is 48.5 Å². The van der Waals surface area contributed by atoms with E-state index < -0.39 is 29.1 Å². The predicted octanol–water partition coefficient (Wildman–Crippen LogP) is 4.18. The highest BCUT2D eigenvalue weighted by atomic mass is 32.2. The van der Waals surface area contributed by atoms with Crippen molar-refractivity contribution < 1.29 is 22.7 Å². The van der Waals surface area contributed by atoms with E-state index in [1.807, 2.05) is 53.2 Å². The Morgan fingerprint density at radius 3 is 2.32 bits per heavy atom. The number of anilines is 1. The number of amides is 2. The van der Waals surface area contributed by atoms with Crippen molar-refractivity contribution in [2.75, 3.05) is 11.8 Å². The number of carbonyl (C=O) groups excluding carboxylic acids is 2. The first-order chi connectivity index (χ1) is 18.4. The second-order valence-corrected chi connectivity index (χ2v) is 10.8. The van der Waals surface area contributed by atoms with Gasteiger partial charge in [-0.2, -0.15) is 0 Å². The van der Waals surface area contributed by atoms with E-state index in [9.17, 15) is 18.0 Å². The maximum atomic E-state index is 13.5. The molecule has 0 unspecified atom stereocenters. The average Bonchev–Trinajstić information content (AvgIpc) is 3.62. The Hall–Kier alpha value is -3.74. The summed E-state index contributed by atoms with van der Waals surface area (Å²) in [4.78, 5) is 31.4. The lowest BCUT2D eigenvalue weighted by molar-refractivity contribution is -0.123. The molecular formula is C26H26N4O5S3. The molecule has 12 heteroatoms. The van der Waals surface area contributed by atoms with Gasteiger partial charge in [-0.05, 0) is 41.1 Å². The van der Waals surface area contributed by atoms with E-state index in [2.05, 4.69) is 15.4 Å². The number of ether oxygens (including phenoxy) is 1. The number of thiol groups is 1. The number of alkyl carbamates (subject to hydrolysis) is 1. The van der Waals surface area contributed by atoms with Crippen LogP contribution in [0.1, 0.15) is 22.9 Å². The molecule has 0 saturated carbocycles. The van der Waals surface area contributed by atoms with Gasteiger partial charge < -0.3 is 15.4 Å². The molecule has 0 bridgehead atoms. The molecule has 0 aliphatic carbocycles. The van der Waals surface area contributed by atoms with Crippen LogP contribution in [0.2, 0.25) is 0 Å². The van der Waals surface area contributed by atoms with E-state index in [1.165, 1.54) is 18.4 Å². The van der Waals surface area contributed by atoms with Crippen LogP contribution in [0.3, 0.4) is 0 Å². The van der Waals surface area contributed by atoms with E-state index >= 15 is 0 Å². The van der Waals surface area contributed by atoms with E-state index in [4.69, 9.17) is 9.72 Å². The highest BCUT2D eigenvalue weighted by molar-refractivity contribution is 7.73. The van der Waals surface area contributed by atoms with E-state index in [0.29, 0.717) is 17.8 Å². The number of nitrogens with zero attached hydrogens (tertiary/aromatic N) is 1. The summed E-state index contributed by atoms with van der Waals surface area (Å²) in [5.74, 6) is -0.378. The smallest absolute Gasteiger partial charge is 0.407 e. The van der Waals surface area contributed by atoms with Gasteiger partial charge in [-0.15, -0.1) is 22.7 Å². The topological polar surface area (TPSA) is 126 Å². The largest absolute Gasteiger partial charge is 0.453 e. The van der Waals surface area contributed by atoms with Crippen LogP contribution >= 0.6 is 22.7 Å². The number of hydrogen-bond acceptors (Lipinski definition) is 8. The molecule has 198 valence electrons. The van der Waals surface area contributed by atoms with Crippen molar-refractivity contribution in [3.05, 3.63) is 94.3 Å². The van der Waals surface area contributed by atoms with E-state index in [1.54, 1.807) is 35.6 Å². The first-order valence-electron chi connectivity index (χ1n) is 11.6. The van der Waals surface area contributed by atoms with Gasteiger partial charge in [0.1, 0.15) is 11.0 Å². The molecule has 38 heavy (non-hydrogen) atoms. The summed E-state index contributed by atoms with van der Waals surface area (Å²) in [5, 5.41) is 10.4. The van der Waals surface area contributed by atoms with E-state index in [0.717, 1.165) is 21.0 Å². The second kappa shape index (κ2) is 13.2. The summed E-state index contributed by atoms with van der Waals surface area (Å²) in [7, 11) is -1.51. The third kappa shape index (κ3) is 7.63. The Morgan fingerprint density at radius 1 is 0.921 bits per heavy atom. The van der Waals surface area contributed by atoms with Crippen LogP contribution in [0.25, 0.3) is 9.88 Å². The molecule has 9 nitrogen and oxygen atoms in total. The molecule has 0 aliphatic rings. The minimum atomic E-state index is -2.76. The van der Waals surface area contributed by atoms with Crippen molar-refractivity contribution in [3.8, 4) is 9.88 Å². The van der Waals surface area contributed by atoms with Crippen molar-refractivity contribution in [1.29, 1.82) is 0 Å². The zero-order valence-corrected chi connectivity index (χ0v) is 22.9. The number of rotatable bonds is 11. The fraction of sp³-hybridized carbons (Fsp3) is 0.192. The molecule has 2 atom stereocenters.